The van der Waals surface area contributed by atoms with Gasteiger partial charge in [0.1, 0.15) is 12.1 Å². The summed E-state index contributed by atoms with van der Waals surface area (Å²) >= 11 is 0. The third-order valence-electron chi connectivity index (χ3n) is 5.71. The first-order valence-electron chi connectivity index (χ1n) is 11.2. The van der Waals surface area contributed by atoms with Gasteiger partial charge in [-0.05, 0) is 17.5 Å². The molecule has 190 valence electrons. The van der Waals surface area contributed by atoms with Gasteiger partial charge in [0, 0.05) is 23.5 Å². The van der Waals surface area contributed by atoms with Crippen LogP contribution in [0.1, 0.15) is 32.3 Å². The molecule has 0 spiro atoms. The molecular weight excluding hydrogens is 456 g/mol. The number of amides is 4. The van der Waals surface area contributed by atoms with E-state index in [-0.39, 0.29) is 18.8 Å². The summed E-state index contributed by atoms with van der Waals surface area (Å²) in [4.78, 5) is 63.1. The number of benzene rings is 1. The van der Waals surface area contributed by atoms with Gasteiger partial charge in [-0.3, -0.25) is 19.2 Å². The fourth-order valence-corrected chi connectivity index (χ4v) is 3.51. The largest absolute Gasteiger partial charge is 0.480 e. The van der Waals surface area contributed by atoms with E-state index >= 15 is 0 Å². The zero-order chi connectivity index (χ0) is 26.1. The molecule has 9 N–H and O–H groups in total. The zero-order valence-corrected chi connectivity index (χ0v) is 19.7. The molecule has 0 saturated heterocycles. The highest BCUT2D eigenvalue weighted by Gasteiger charge is 2.29. The van der Waals surface area contributed by atoms with E-state index in [2.05, 4.69) is 20.9 Å². The average molecular weight is 489 g/mol. The monoisotopic (exact) mass is 488 g/mol. The molecule has 0 fully saturated rings. The van der Waals surface area contributed by atoms with Gasteiger partial charge in [-0.25, -0.2) is 4.79 Å². The van der Waals surface area contributed by atoms with Crippen LogP contribution in [0.15, 0.2) is 30.5 Å². The summed E-state index contributed by atoms with van der Waals surface area (Å²) in [5.41, 5.74) is 12.3. The standard InChI is InChI=1S/C23H32N6O6/c1-3-12(2)20(29-21(32)15(24)9-18(25)30)22(33)27-11-19(31)28-17(23(34)35)8-13-10-26-16-7-5-4-6-14(13)16/h4-7,10,12,15,17,20,26H,3,8-9,11,24H2,1-2H3,(H2,25,30)(H,27,33)(H,28,31)(H,29,32)(H,34,35). The van der Waals surface area contributed by atoms with Crippen LogP contribution in [-0.2, 0) is 30.4 Å². The SMILES string of the molecule is CCC(C)C(NC(=O)C(N)CC(N)=O)C(=O)NCC(=O)NC(Cc1c[nH]c2ccccc12)C(=O)O. The minimum Gasteiger partial charge on any atom is -0.480 e. The van der Waals surface area contributed by atoms with E-state index in [0.29, 0.717) is 6.42 Å². The quantitative estimate of drug-likeness (QED) is 0.189. The van der Waals surface area contributed by atoms with Crippen LogP contribution in [0.25, 0.3) is 10.9 Å². The van der Waals surface area contributed by atoms with Crippen molar-refractivity contribution in [1.29, 1.82) is 0 Å². The summed E-state index contributed by atoms with van der Waals surface area (Å²) in [7, 11) is 0. The van der Waals surface area contributed by atoms with Crippen molar-refractivity contribution in [2.45, 2.75) is 51.2 Å². The number of aromatic nitrogens is 1. The third kappa shape index (κ3) is 7.81. The van der Waals surface area contributed by atoms with Crippen molar-refractivity contribution >= 4 is 40.5 Å². The van der Waals surface area contributed by atoms with Crippen molar-refractivity contribution in [3.8, 4) is 0 Å². The number of carbonyl (C=O) groups is 5. The molecule has 2 aromatic rings. The number of fused-ring (bicyclic) bond motifs is 1. The van der Waals surface area contributed by atoms with E-state index < -0.39 is 54.3 Å². The molecule has 0 aliphatic rings. The van der Waals surface area contributed by atoms with Crippen molar-refractivity contribution in [2.75, 3.05) is 6.54 Å². The molecule has 4 atom stereocenters. The Labute approximate surface area is 202 Å². The topological polar surface area (TPSA) is 209 Å². The van der Waals surface area contributed by atoms with E-state index in [4.69, 9.17) is 11.5 Å². The van der Waals surface area contributed by atoms with E-state index in [1.54, 1.807) is 13.1 Å². The van der Waals surface area contributed by atoms with Crippen molar-refractivity contribution in [3.63, 3.8) is 0 Å². The maximum absolute atomic E-state index is 12.7. The lowest BCUT2D eigenvalue weighted by molar-refractivity contribution is -0.141. The maximum Gasteiger partial charge on any atom is 0.326 e. The molecule has 4 amide bonds. The smallest absolute Gasteiger partial charge is 0.326 e. The highest BCUT2D eigenvalue weighted by molar-refractivity contribution is 5.94. The number of rotatable bonds is 13. The predicted octanol–water partition coefficient (Wildman–Crippen LogP) is -0.870. The molecule has 1 heterocycles. The number of primary amides is 1. The van der Waals surface area contributed by atoms with Crippen molar-refractivity contribution in [1.82, 2.24) is 20.9 Å². The van der Waals surface area contributed by atoms with Gasteiger partial charge in [0.2, 0.25) is 23.6 Å². The first-order valence-corrected chi connectivity index (χ1v) is 11.2. The maximum atomic E-state index is 12.7. The number of aliphatic carboxylic acids is 1. The van der Waals surface area contributed by atoms with Gasteiger partial charge in [-0.15, -0.1) is 0 Å². The number of carboxylic acids is 1. The lowest BCUT2D eigenvalue weighted by Gasteiger charge is -2.25. The Bertz CT molecular complexity index is 1080. The summed E-state index contributed by atoms with van der Waals surface area (Å²) in [6, 6.07) is 3.95. The summed E-state index contributed by atoms with van der Waals surface area (Å²) < 4.78 is 0. The number of nitrogens with two attached hydrogens (primary N) is 2. The predicted molar refractivity (Wildman–Crippen MR) is 128 cm³/mol. The van der Waals surface area contributed by atoms with Gasteiger partial charge in [0.05, 0.1) is 19.0 Å². The molecule has 0 aliphatic carbocycles. The van der Waals surface area contributed by atoms with Crippen LogP contribution in [0.3, 0.4) is 0 Å². The average Bonchev–Trinajstić information content (AvgIpc) is 3.22. The fraction of sp³-hybridized carbons (Fsp3) is 0.435. The van der Waals surface area contributed by atoms with Crippen LogP contribution in [0.4, 0.5) is 0 Å². The molecule has 35 heavy (non-hydrogen) atoms. The highest BCUT2D eigenvalue weighted by Crippen LogP contribution is 2.19. The van der Waals surface area contributed by atoms with Gasteiger partial charge in [0.15, 0.2) is 0 Å². The first kappa shape index (κ1) is 27.3. The molecule has 2 rings (SSSR count). The minimum atomic E-state index is -1.22. The van der Waals surface area contributed by atoms with Gasteiger partial charge in [-0.1, -0.05) is 38.5 Å². The van der Waals surface area contributed by atoms with Crippen LogP contribution >= 0.6 is 0 Å². The summed E-state index contributed by atoms with van der Waals surface area (Å²) in [6.45, 7) is 3.05. The number of carbonyl (C=O) groups excluding carboxylic acids is 4. The van der Waals surface area contributed by atoms with Gasteiger partial charge < -0.3 is 37.5 Å². The second-order valence-corrected chi connectivity index (χ2v) is 8.39. The van der Waals surface area contributed by atoms with Gasteiger partial charge in [0.25, 0.3) is 0 Å². The van der Waals surface area contributed by atoms with Gasteiger partial charge in [-0.2, -0.15) is 0 Å². The fourth-order valence-electron chi connectivity index (χ4n) is 3.51. The van der Waals surface area contributed by atoms with Crippen LogP contribution in [0, 0.1) is 5.92 Å². The van der Waals surface area contributed by atoms with Crippen molar-refractivity contribution in [2.24, 2.45) is 17.4 Å². The molecule has 0 bridgehead atoms. The molecule has 12 nitrogen and oxygen atoms in total. The Hall–Kier alpha value is -3.93. The Morgan fingerprint density at radius 3 is 2.40 bits per heavy atom. The van der Waals surface area contributed by atoms with Crippen LogP contribution in [0.2, 0.25) is 0 Å². The second-order valence-electron chi connectivity index (χ2n) is 8.39. The van der Waals surface area contributed by atoms with Gasteiger partial charge >= 0.3 is 5.97 Å². The molecule has 0 aliphatic heterocycles. The van der Waals surface area contributed by atoms with Crippen molar-refractivity contribution < 1.29 is 29.1 Å². The Kier molecular flexibility index (Phi) is 9.76. The normalized spacial score (nSPS) is 14.4. The van der Waals surface area contributed by atoms with E-state index in [1.807, 2.05) is 31.2 Å². The zero-order valence-electron chi connectivity index (χ0n) is 19.7. The Morgan fingerprint density at radius 1 is 1.09 bits per heavy atom. The summed E-state index contributed by atoms with van der Waals surface area (Å²) in [5.74, 6) is -4.35. The minimum absolute atomic E-state index is 0.0440. The lowest BCUT2D eigenvalue weighted by Crippen LogP contribution is -2.56. The summed E-state index contributed by atoms with van der Waals surface area (Å²) in [5, 5.41) is 17.7. The first-order chi connectivity index (χ1) is 16.5. The third-order valence-corrected chi connectivity index (χ3v) is 5.71. The van der Waals surface area contributed by atoms with Crippen LogP contribution in [-0.4, -0.2) is 64.4 Å². The molecular formula is C23H32N6O6. The number of carboxylic acid groups (broad SMARTS) is 1. The molecule has 0 radical (unpaired) electrons. The van der Waals surface area contributed by atoms with Crippen LogP contribution < -0.4 is 27.4 Å². The van der Waals surface area contributed by atoms with Crippen molar-refractivity contribution in [3.05, 3.63) is 36.0 Å². The number of H-pyrrole nitrogens is 1. The number of nitrogens with one attached hydrogen (secondary N) is 4. The highest BCUT2D eigenvalue weighted by atomic mass is 16.4. The summed E-state index contributed by atoms with van der Waals surface area (Å²) in [6.07, 6.45) is 1.89. The number of aromatic amines is 1. The molecule has 1 aromatic carbocycles. The Balaban J connectivity index is 1.98. The molecule has 4 unspecified atom stereocenters. The lowest BCUT2D eigenvalue weighted by atomic mass is 9.97. The molecule has 1 aromatic heterocycles. The molecule has 0 saturated carbocycles. The van der Waals surface area contributed by atoms with E-state index in [9.17, 15) is 29.1 Å². The second kappa shape index (κ2) is 12.5. The Morgan fingerprint density at radius 2 is 1.77 bits per heavy atom. The van der Waals surface area contributed by atoms with E-state index in [0.717, 1.165) is 16.5 Å². The molecule has 12 heteroatoms. The van der Waals surface area contributed by atoms with E-state index in [1.165, 1.54) is 0 Å². The number of para-hydroxylation sites is 1. The number of hydrogen-bond acceptors (Lipinski definition) is 6. The van der Waals surface area contributed by atoms with Crippen LogP contribution in [0.5, 0.6) is 0 Å². The number of hydrogen-bond donors (Lipinski definition) is 7.